The minimum absolute atomic E-state index is 0.0467. The van der Waals surface area contributed by atoms with Crippen molar-refractivity contribution in [3.05, 3.63) is 0 Å². The van der Waals surface area contributed by atoms with Gasteiger partial charge in [-0.25, -0.2) is 0 Å². The van der Waals surface area contributed by atoms with E-state index < -0.39 is 0 Å². The summed E-state index contributed by atoms with van der Waals surface area (Å²) in [6.45, 7) is 7.58. The molecule has 0 aromatic rings. The van der Waals surface area contributed by atoms with Crippen molar-refractivity contribution in [2.45, 2.75) is 82.3 Å². The maximum absolute atomic E-state index is 9.98. The van der Waals surface area contributed by atoms with Crippen LogP contribution in [0.2, 0.25) is 0 Å². The lowest BCUT2D eigenvalue weighted by Gasteiger charge is -2.38. The third-order valence-corrected chi connectivity index (χ3v) is 6.13. The van der Waals surface area contributed by atoms with Crippen LogP contribution in [0, 0.1) is 5.92 Å². The second-order valence-electron chi connectivity index (χ2n) is 8.01. The smallest absolute Gasteiger partial charge is 0.0616 e. The molecular weight excluding hydrogens is 248 g/mol. The third-order valence-electron chi connectivity index (χ3n) is 6.13. The Balaban J connectivity index is 1.57. The molecule has 2 saturated carbocycles. The van der Waals surface area contributed by atoms with Gasteiger partial charge in [0.15, 0.2) is 0 Å². The predicted molar refractivity (Wildman–Crippen MR) is 82.8 cm³/mol. The van der Waals surface area contributed by atoms with Crippen molar-refractivity contribution < 1.29 is 5.11 Å². The molecule has 3 nitrogen and oxygen atoms in total. The molecule has 0 spiro atoms. The maximum atomic E-state index is 9.98. The fourth-order valence-corrected chi connectivity index (χ4v) is 4.53. The van der Waals surface area contributed by atoms with Gasteiger partial charge in [-0.1, -0.05) is 6.42 Å². The molecular formula is C17H32N2O. The second kappa shape index (κ2) is 5.58. The van der Waals surface area contributed by atoms with Gasteiger partial charge in [-0.15, -0.1) is 0 Å². The maximum Gasteiger partial charge on any atom is 0.0616 e. The zero-order valence-electron chi connectivity index (χ0n) is 13.3. The summed E-state index contributed by atoms with van der Waals surface area (Å²) in [5, 5.41) is 13.8. The van der Waals surface area contributed by atoms with Crippen LogP contribution in [0.5, 0.6) is 0 Å². The van der Waals surface area contributed by atoms with Gasteiger partial charge in [-0.2, -0.15) is 0 Å². The first-order chi connectivity index (χ1) is 9.56. The molecule has 2 atom stereocenters. The molecule has 3 rings (SSSR count). The van der Waals surface area contributed by atoms with E-state index in [-0.39, 0.29) is 5.54 Å². The van der Waals surface area contributed by atoms with Crippen molar-refractivity contribution >= 4 is 0 Å². The third kappa shape index (κ3) is 2.90. The quantitative estimate of drug-likeness (QED) is 0.785. The largest absolute Gasteiger partial charge is 0.394 e. The van der Waals surface area contributed by atoms with Gasteiger partial charge in [-0.05, 0) is 77.8 Å². The fourth-order valence-electron chi connectivity index (χ4n) is 4.53. The molecule has 116 valence electrons. The summed E-state index contributed by atoms with van der Waals surface area (Å²) in [4.78, 5) is 2.67. The van der Waals surface area contributed by atoms with E-state index in [9.17, 15) is 5.11 Å². The molecule has 0 amide bonds. The van der Waals surface area contributed by atoms with Crippen molar-refractivity contribution in [3.8, 4) is 0 Å². The molecule has 0 radical (unpaired) electrons. The Kier molecular flexibility index (Phi) is 4.13. The first kappa shape index (κ1) is 14.8. The van der Waals surface area contributed by atoms with Crippen LogP contribution in [-0.4, -0.2) is 46.8 Å². The van der Waals surface area contributed by atoms with Crippen LogP contribution < -0.4 is 5.32 Å². The number of likely N-dealkylation sites (tertiary alicyclic amines) is 1. The summed E-state index contributed by atoms with van der Waals surface area (Å²) in [7, 11) is 0. The van der Waals surface area contributed by atoms with Crippen LogP contribution in [0.4, 0.5) is 0 Å². The number of hydrogen-bond acceptors (Lipinski definition) is 3. The molecule has 2 aliphatic carbocycles. The average Bonchev–Trinajstić information content (AvgIpc) is 3.03. The topological polar surface area (TPSA) is 35.5 Å². The number of aliphatic hydroxyl groups is 1. The second-order valence-corrected chi connectivity index (χ2v) is 8.01. The summed E-state index contributed by atoms with van der Waals surface area (Å²) in [6, 6.07) is 0.700. The summed E-state index contributed by atoms with van der Waals surface area (Å²) < 4.78 is 0. The Morgan fingerprint density at radius 3 is 2.55 bits per heavy atom. The van der Waals surface area contributed by atoms with Crippen LogP contribution in [0.15, 0.2) is 0 Å². The summed E-state index contributed by atoms with van der Waals surface area (Å²) in [5.74, 6) is 0.671. The normalized spacial score (nSPS) is 37.6. The highest BCUT2D eigenvalue weighted by Crippen LogP contribution is 2.41. The molecule has 0 aromatic carbocycles. The van der Waals surface area contributed by atoms with Gasteiger partial charge < -0.3 is 10.4 Å². The lowest BCUT2D eigenvalue weighted by Crippen LogP contribution is -2.53. The Morgan fingerprint density at radius 2 is 1.95 bits per heavy atom. The van der Waals surface area contributed by atoms with Gasteiger partial charge >= 0.3 is 0 Å². The monoisotopic (exact) mass is 280 g/mol. The highest BCUT2D eigenvalue weighted by atomic mass is 16.3. The van der Waals surface area contributed by atoms with Gasteiger partial charge in [0.1, 0.15) is 0 Å². The molecule has 3 heteroatoms. The average molecular weight is 280 g/mol. The molecule has 1 aliphatic heterocycles. The van der Waals surface area contributed by atoms with Crippen LogP contribution >= 0.6 is 0 Å². The predicted octanol–water partition coefficient (Wildman–Crippen LogP) is 2.53. The lowest BCUT2D eigenvalue weighted by molar-refractivity contribution is 0.0986. The minimum atomic E-state index is 0.0467. The molecule has 1 saturated heterocycles. The molecule has 20 heavy (non-hydrogen) atoms. The van der Waals surface area contributed by atoms with Crippen molar-refractivity contribution in [1.82, 2.24) is 10.2 Å². The number of hydrogen-bond donors (Lipinski definition) is 2. The fraction of sp³-hybridized carbons (Fsp3) is 1.00. The van der Waals surface area contributed by atoms with Crippen molar-refractivity contribution in [2.24, 2.45) is 5.92 Å². The van der Waals surface area contributed by atoms with Gasteiger partial charge in [0.25, 0.3) is 0 Å². The van der Waals surface area contributed by atoms with Gasteiger partial charge in [0, 0.05) is 17.1 Å². The molecule has 3 fully saturated rings. The van der Waals surface area contributed by atoms with Crippen molar-refractivity contribution in [2.75, 3.05) is 19.7 Å². The molecule has 2 N–H and O–H groups in total. The number of nitrogens with one attached hydrogen (secondary N) is 1. The van der Waals surface area contributed by atoms with Crippen LogP contribution in [0.1, 0.15) is 65.2 Å². The van der Waals surface area contributed by atoms with Crippen LogP contribution in [-0.2, 0) is 0 Å². The SMILES string of the molecule is CC1(C)CCCN1CCC1CCCC1(CO)NC1CC1. The van der Waals surface area contributed by atoms with Crippen molar-refractivity contribution in [3.63, 3.8) is 0 Å². The van der Waals surface area contributed by atoms with E-state index in [1.54, 1.807) is 0 Å². The Bertz CT molecular complexity index is 340. The number of aliphatic hydroxyl groups excluding tert-OH is 1. The first-order valence-electron chi connectivity index (χ1n) is 8.69. The van der Waals surface area contributed by atoms with E-state index in [0.717, 1.165) is 0 Å². The Hall–Kier alpha value is -0.120. The zero-order chi connectivity index (χ0) is 14.2. The van der Waals surface area contributed by atoms with E-state index in [0.29, 0.717) is 24.1 Å². The van der Waals surface area contributed by atoms with Gasteiger partial charge in [-0.3, -0.25) is 4.90 Å². The van der Waals surface area contributed by atoms with Crippen LogP contribution in [0.25, 0.3) is 0 Å². The molecule has 3 aliphatic rings. The van der Waals surface area contributed by atoms with Crippen LogP contribution in [0.3, 0.4) is 0 Å². The van der Waals surface area contributed by atoms with E-state index in [1.165, 1.54) is 64.5 Å². The standard InChI is InChI=1S/C17H32N2O/c1-16(2)9-4-11-19(16)12-8-14-5-3-10-17(14,13-20)18-15-6-7-15/h14-15,18,20H,3-13H2,1-2H3. The first-order valence-corrected chi connectivity index (χ1v) is 8.69. The molecule has 0 bridgehead atoms. The summed E-state index contributed by atoms with van der Waals surface area (Å²) >= 11 is 0. The van der Waals surface area contributed by atoms with Crippen molar-refractivity contribution in [1.29, 1.82) is 0 Å². The number of rotatable bonds is 6. The molecule has 2 unspecified atom stereocenters. The highest BCUT2D eigenvalue weighted by Gasteiger charge is 2.45. The number of nitrogens with zero attached hydrogens (tertiary/aromatic N) is 1. The molecule has 1 heterocycles. The van der Waals surface area contributed by atoms with E-state index in [4.69, 9.17) is 0 Å². The van der Waals surface area contributed by atoms with Gasteiger partial charge in [0.2, 0.25) is 0 Å². The lowest BCUT2D eigenvalue weighted by atomic mass is 9.84. The zero-order valence-corrected chi connectivity index (χ0v) is 13.3. The Labute approximate surface area is 124 Å². The highest BCUT2D eigenvalue weighted by molar-refractivity contribution is 5.03. The van der Waals surface area contributed by atoms with E-state index >= 15 is 0 Å². The van der Waals surface area contributed by atoms with E-state index in [1.807, 2.05) is 0 Å². The molecule has 0 aromatic heterocycles. The van der Waals surface area contributed by atoms with E-state index in [2.05, 4.69) is 24.1 Å². The summed E-state index contributed by atoms with van der Waals surface area (Å²) in [5.41, 5.74) is 0.440. The Morgan fingerprint density at radius 1 is 1.15 bits per heavy atom. The summed E-state index contributed by atoms with van der Waals surface area (Å²) in [6.07, 6.45) is 10.3. The van der Waals surface area contributed by atoms with Gasteiger partial charge in [0.05, 0.1) is 6.61 Å². The minimum Gasteiger partial charge on any atom is -0.394 e.